The first kappa shape index (κ1) is 21.3. The minimum absolute atomic E-state index is 0.251. The Morgan fingerprint density at radius 3 is 2.36 bits per heavy atom. The third-order valence-corrected chi connectivity index (χ3v) is 3.85. The monoisotopic (exact) mass is 386 g/mol. The minimum Gasteiger partial charge on any atom is -0.497 e. The van der Waals surface area contributed by atoms with E-state index < -0.39 is 12.1 Å². The Hall–Kier alpha value is -2.99. The quantitative estimate of drug-likeness (QED) is 0.515. The number of rotatable bonds is 9. The van der Waals surface area contributed by atoms with E-state index in [0.717, 1.165) is 11.3 Å². The molecule has 0 aromatic heterocycles. The van der Waals surface area contributed by atoms with E-state index in [-0.39, 0.29) is 5.75 Å². The smallest absolute Gasteiger partial charge is 0.308 e. The van der Waals surface area contributed by atoms with E-state index in [9.17, 15) is 9.90 Å². The molecule has 2 aromatic rings. The summed E-state index contributed by atoms with van der Waals surface area (Å²) in [5.41, 5.74) is 1.25. The summed E-state index contributed by atoms with van der Waals surface area (Å²) in [4.78, 5) is 11.4. The van der Waals surface area contributed by atoms with Gasteiger partial charge < -0.3 is 24.1 Å². The second-order valence-electron chi connectivity index (χ2n) is 5.87. The maximum atomic E-state index is 11.4. The lowest BCUT2D eigenvalue weighted by molar-refractivity contribution is -0.131. The third-order valence-electron chi connectivity index (χ3n) is 3.85. The highest BCUT2D eigenvalue weighted by atomic mass is 16.5. The van der Waals surface area contributed by atoms with Gasteiger partial charge in [0.25, 0.3) is 0 Å². The van der Waals surface area contributed by atoms with E-state index in [1.165, 1.54) is 14.0 Å². The number of aliphatic hydroxyl groups is 1. The number of hydrogen-bond donors (Lipinski definition) is 1. The Bertz CT molecular complexity index is 828. The lowest BCUT2D eigenvalue weighted by atomic mass is 10.1. The second kappa shape index (κ2) is 10.4. The predicted molar refractivity (Wildman–Crippen MR) is 107 cm³/mol. The van der Waals surface area contributed by atoms with Crippen molar-refractivity contribution in [3.8, 4) is 23.0 Å². The molecular weight excluding hydrogens is 360 g/mol. The number of ether oxygens (including phenoxy) is 4. The number of methoxy groups -OCH3 is 1. The molecule has 1 unspecified atom stereocenters. The van der Waals surface area contributed by atoms with Gasteiger partial charge in [0.15, 0.2) is 0 Å². The lowest BCUT2D eigenvalue weighted by Gasteiger charge is -2.14. The van der Waals surface area contributed by atoms with E-state index in [4.69, 9.17) is 18.9 Å². The van der Waals surface area contributed by atoms with Crippen molar-refractivity contribution in [3.63, 3.8) is 0 Å². The zero-order valence-corrected chi connectivity index (χ0v) is 16.6. The van der Waals surface area contributed by atoms with Crippen molar-refractivity contribution in [1.82, 2.24) is 0 Å². The highest BCUT2D eigenvalue weighted by Crippen LogP contribution is 2.32. The zero-order chi connectivity index (χ0) is 20.5. The van der Waals surface area contributed by atoms with Gasteiger partial charge in [-0.2, -0.15) is 0 Å². The molecule has 1 N–H and O–H groups in total. The molecule has 0 saturated carbocycles. The number of esters is 1. The summed E-state index contributed by atoms with van der Waals surface area (Å²) in [6.45, 7) is 6.20. The van der Waals surface area contributed by atoms with Crippen LogP contribution in [0.3, 0.4) is 0 Å². The van der Waals surface area contributed by atoms with Crippen molar-refractivity contribution >= 4 is 12.0 Å². The molecule has 28 heavy (non-hydrogen) atoms. The van der Waals surface area contributed by atoms with E-state index in [1.54, 1.807) is 30.4 Å². The van der Waals surface area contributed by atoms with Crippen molar-refractivity contribution in [1.29, 1.82) is 0 Å². The van der Waals surface area contributed by atoms with Gasteiger partial charge in [0.2, 0.25) is 0 Å². The molecule has 2 rings (SSSR count). The molecule has 0 aliphatic rings. The Morgan fingerprint density at radius 1 is 1.04 bits per heavy atom. The Labute approximate surface area is 165 Å². The molecule has 2 aromatic carbocycles. The van der Waals surface area contributed by atoms with Gasteiger partial charge in [-0.1, -0.05) is 12.2 Å². The topological polar surface area (TPSA) is 74.2 Å². The van der Waals surface area contributed by atoms with Crippen LogP contribution < -0.4 is 18.9 Å². The predicted octanol–water partition coefficient (Wildman–Crippen LogP) is 4.16. The van der Waals surface area contributed by atoms with Crippen molar-refractivity contribution in [2.75, 3.05) is 20.3 Å². The fourth-order valence-corrected chi connectivity index (χ4v) is 2.62. The molecule has 0 aliphatic carbocycles. The molecule has 0 amide bonds. The standard InChI is InChI=1S/C22H26O6/c1-5-26-18-9-7-16(21(14-18)27-6-2)8-12-20(24)19-11-10-17(25-4)13-22(19)28-15(3)23/h7-14,20,24H,5-6H2,1-4H3. The van der Waals surface area contributed by atoms with Gasteiger partial charge in [-0.3, -0.25) is 4.79 Å². The highest BCUT2D eigenvalue weighted by Gasteiger charge is 2.14. The molecule has 150 valence electrons. The summed E-state index contributed by atoms with van der Waals surface area (Å²) < 4.78 is 21.5. The van der Waals surface area contributed by atoms with Crippen LogP contribution in [0.15, 0.2) is 42.5 Å². The summed E-state index contributed by atoms with van der Waals surface area (Å²) in [6.07, 6.45) is 2.38. The highest BCUT2D eigenvalue weighted by molar-refractivity contribution is 5.70. The van der Waals surface area contributed by atoms with E-state index in [0.29, 0.717) is 30.3 Å². The third kappa shape index (κ3) is 5.76. The van der Waals surface area contributed by atoms with Gasteiger partial charge in [-0.15, -0.1) is 0 Å². The maximum Gasteiger partial charge on any atom is 0.308 e. The molecule has 0 fully saturated rings. The zero-order valence-electron chi connectivity index (χ0n) is 16.6. The average molecular weight is 386 g/mol. The van der Waals surface area contributed by atoms with Crippen LogP contribution >= 0.6 is 0 Å². The summed E-state index contributed by atoms with van der Waals surface area (Å²) in [6, 6.07) is 10.4. The minimum atomic E-state index is -0.985. The SMILES string of the molecule is CCOc1ccc(C=CC(O)c2ccc(OC)cc2OC(C)=O)c(OCC)c1. The van der Waals surface area contributed by atoms with Crippen molar-refractivity contribution in [2.45, 2.75) is 26.9 Å². The summed E-state index contributed by atoms with van der Waals surface area (Å²) in [5.74, 6) is 1.68. The Balaban J connectivity index is 2.30. The van der Waals surface area contributed by atoms with E-state index in [2.05, 4.69) is 0 Å². The van der Waals surface area contributed by atoms with Crippen LogP contribution in [0.5, 0.6) is 23.0 Å². The van der Waals surface area contributed by atoms with Crippen molar-refractivity contribution in [2.24, 2.45) is 0 Å². The molecule has 0 spiro atoms. The largest absolute Gasteiger partial charge is 0.497 e. The molecule has 0 bridgehead atoms. The fourth-order valence-electron chi connectivity index (χ4n) is 2.62. The first-order valence-corrected chi connectivity index (χ1v) is 9.10. The van der Waals surface area contributed by atoms with Crippen LogP contribution in [-0.2, 0) is 4.79 Å². The van der Waals surface area contributed by atoms with Gasteiger partial charge in [-0.25, -0.2) is 0 Å². The molecule has 0 aliphatic heterocycles. The van der Waals surface area contributed by atoms with Crippen LogP contribution in [0.25, 0.3) is 6.08 Å². The van der Waals surface area contributed by atoms with E-state index in [1.807, 2.05) is 32.0 Å². The molecule has 0 radical (unpaired) electrons. The molecule has 0 heterocycles. The van der Waals surface area contributed by atoms with E-state index >= 15 is 0 Å². The van der Waals surface area contributed by atoms with Crippen LogP contribution in [0.4, 0.5) is 0 Å². The van der Waals surface area contributed by atoms with Crippen molar-refractivity contribution < 1.29 is 28.8 Å². The molecule has 1 atom stereocenters. The fraction of sp³-hybridized carbons (Fsp3) is 0.318. The summed E-state index contributed by atoms with van der Waals surface area (Å²) >= 11 is 0. The Kier molecular flexibility index (Phi) is 7.89. The van der Waals surface area contributed by atoms with Gasteiger partial charge in [0.05, 0.1) is 20.3 Å². The normalized spacial score (nSPS) is 11.9. The van der Waals surface area contributed by atoms with Gasteiger partial charge in [-0.05, 0) is 38.1 Å². The number of benzene rings is 2. The van der Waals surface area contributed by atoms with Gasteiger partial charge in [0.1, 0.15) is 29.1 Å². The number of aliphatic hydroxyl groups excluding tert-OH is 1. The van der Waals surface area contributed by atoms with Gasteiger partial charge >= 0.3 is 5.97 Å². The molecular formula is C22H26O6. The van der Waals surface area contributed by atoms with Crippen LogP contribution in [-0.4, -0.2) is 31.4 Å². The number of hydrogen-bond acceptors (Lipinski definition) is 6. The summed E-state index contributed by atoms with van der Waals surface area (Å²) in [7, 11) is 1.52. The molecule has 6 heteroatoms. The maximum absolute atomic E-state index is 11.4. The van der Waals surface area contributed by atoms with Crippen molar-refractivity contribution in [3.05, 3.63) is 53.6 Å². The van der Waals surface area contributed by atoms with Crippen LogP contribution in [0.2, 0.25) is 0 Å². The Morgan fingerprint density at radius 2 is 1.71 bits per heavy atom. The lowest BCUT2D eigenvalue weighted by Crippen LogP contribution is -2.06. The second-order valence-corrected chi connectivity index (χ2v) is 5.87. The summed E-state index contributed by atoms with van der Waals surface area (Å²) in [5, 5.41) is 10.6. The number of carbonyl (C=O) groups excluding carboxylic acids is 1. The van der Waals surface area contributed by atoms with Gasteiger partial charge in [0, 0.05) is 30.2 Å². The van der Waals surface area contributed by atoms with Crippen LogP contribution in [0, 0.1) is 0 Å². The van der Waals surface area contributed by atoms with Crippen LogP contribution in [0.1, 0.15) is 38.0 Å². The molecule has 0 saturated heterocycles. The first-order valence-electron chi connectivity index (χ1n) is 9.10. The molecule has 6 nitrogen and oxygen atoms in total. The first-order chi connectivity index (χ1) is 13.5. The number of carbonyl (C=O) groups is 1. The average Bonchev–Trinajstić information content (AvgIpc) is 2.67.